The van der Waals surface area contributed by atoms with Gasteiger partial charge in [0.25, 0.3) is 0 Å². The fourth-order valence-corrected chi connectivity index (χ4v) is 2.09. The van der Waals surface area contributed by atoms with Gasteiger partial charge in [-0.3, -0.25) is 4.57 Å². The number of rotatable bonds is 6. The molecule has 0 amide bonds. The molecule has 7 heteroatoms. The van der Waals surface area contributed by atoms with E-state index in [-0.39, 0.29) is 29.7 Å². The van der Waals surface area contributed by atoms with Gasteiger partial charge in [0.1, 0.15) is 5.82 Å². The lowest BCUT2D eigenvalue weighted by Crippen LogP contribution is -2.32. The number of aliphatic hydroxyl groups excluding tert-OH is 1. The fourth-order valence-electron chi connectivity index (χ4n) is 1.73. The lowest BCUT2D eigenvalue weighted by Gasteiger charge is -2.27. The van der Waals surface area contributed by atoms with Gasteiger partial charge < -0.3 is 15.6 Å². The largest absolute Gasteiger partial charge is 0.396 e. The molecule has 18 heavy (non-hydrogen) atoms. The van der Waals surface area contributed by atoms with Crippen LogP contribution in [0.4, 0.5) is 10.2 Å². The van der Waals surface area contributed by atoms with Crippen molar-refractivity contribution in [3.8, 4) is 0 Å². The summed E-state index contributed by atoms with van der Waals surface area (Å²) in [6.07, 6.45) is 1.52. The van der Waals surface area contributed by atoms with Gasteiger partial charge in [-0.05, 0) is 31.6 Å². The molecule has 1 heterocycles. The molecule has 0 saturated heterocycles. The van der Waals surface area contributed by atoms with Gasteiger partial charge in [0, 0.05) is 26.3 Å². The number of nitrogens with two attached hydrogens (primary N) is 1. The fraction of sp³-hybridized carbons (Fsp3) is 0.636. The van der Waals surface area contributed by atoms with Crippen molar-refractivity contribution in [3.63, 3.8) is 0 Å². The minimum Gasteiger partial charge on any atom is -0.396 e. The molecule has 102 valence electrons. The standard InChI is InChI=1S/C11H18FN3O2S/c1-11(12,7-8(17-2)4-6-16)15-5-3-9(13)14-10(15)18/h3,5,8,16H,4,6-7H2,1-2H3,(H2,13,14,18). The van der Waals surface area contributed by atoms with Crippen LogP contribution in [0, 0.1) is 4.77 Å². The van der Waals surface area contributed by atoms with Crippen molar-refractivity contribution in [3.05, 3.63) is 17.0 Å². The number of nitrogens with zero attached hydrogens (tertiary/aromatic N) is 2. The van der Waals surface area contributed by atoms with Gasteiger partial charge in [-0.1, -0.05) is 0 Å². The maximum Gasteiger partial charge on any atom is 0.203 e. The van der Waals surface area contributed by atoms with E-state index in [1.807, 2.05) is 0 Å². The average molecular weight is 275 g/mol. The van der Waals surface area contributed by atoms with Gasteiger partial charge >= 0.3 is 0 Å². The highest BCUT2D eigenvalue weighted by Gasteiger charge is 2.30. The quantitative estimate of drug-likeness (QED) is 0.772. The van der Waals surface area contributed by atoms with Gasteiger partial charge in [-0.2, -0.15) is 0 Å². The van der Waals surface area contributed by atoms with Crippen LogP contribution in [-0.4, -0.2) is 34.5 Å². The summed E-state index contributed by atoms with van der Waals surface area (Å²) >= 11 is 4.98. The third-order valence-electron chi connectivity index (χ3n) is 2.71. The zero-order valence-electron chi connectivity index (χ0n) is 10.5. The van der Waals surface area contributed by atoms with Crippen molar-refractivity contribution in [2.75, 3.05) is 19.5 Å². The molecule has 1 aromatic rings. The highest BCUT2D eigenvalue weighted by molar-refractivity contribution is 7.71. The second kappa shape index (κ2) is 6.21. The summed E-state index contributed by atoms with van der Waals surface area (Å²) < 4.78 is 21.1. The number of anilines is 1. The first-order valence-electron chi connectivity index (χ1n) is 5.59. The molecule has 3 N–H and O–H groups in total. The molecular formula is C11H18FN3O2S. The van der Waals surface area contributed by atoms with Crippen molar-refractivity contribution in [2.45, 2.75) is 31.7 Å². The number of methoxy groups -OCH3 is 1. The summed E-state index contributed by atoms with van der Waals surface area (Å²) in [4.78, 5) is 3.84. The Labute approximate surface area is 110 Å². The predicted molar refractivity (Wildman–Crippen MR) is 69.3 cm³/mol. The Morgan fingerprint density at radius 1 is 1.72 bits per heavy atom. The Bertz CT molecular complexity index is 450. The average Bonchev–Trinajstić information content (AvgIpc) is 2.27. The monoisotopic (exact) mass is 275 g/mol. The smallest absolute Gasteiger partial charge is 0.203 e. The maximum absolute atomic E-state index is 14.6. The minimum absolute atomic E-state index is 0.0556. The Morgan fingerprint density at radius 2 is 2.39 bits per heavy atom. The van der Waals surface area contributed by atoms with Crippen LogP contribution in [0.15, 0.2) is 12.3 Å². The van der Waals surface area contributed by atoms with Crippen molar-refractivity contribution in [2.24, 2.45) is 0 Å². The number of aromatic nitrogens is 2. The first-order chi connectivity index (χ1) is 8.40. The minimum atomic E-state index is -1.74. The molecule has 0 aromatic carbocycles. The molecule has 1 aromatic heterocycles. The summed E-state index contributed by atoms with van der Waals surface area (Å²) in [5.74, 6) is -1.49. The van der Waals surface area contributed by atoms with Gasteiger partial charge in [-0.15, -0.1) is 0 Å². The van der Waals surface area contributed by atoms with Crippen molar-refractivity contribution in [1.82, 2.24) is 9.55 Å². The van der Waals surface area contributed by atoms with Gasteiger partial charge in [0.2, 0.25) is 4.77 Å². The van der Waals surface area contributed by atoms with Crippen LogP contribution in [0.3, 0.4) is 0 Å². The van der Waals surface area contributed by atoms with E-state index in [1.165, 1.54) is 30.9 Å². The number of nitrogen functional groups attached to an aromatic ring is 1. The second-order valence-electron chi connectivity index (χ2n) is 4.22. The topological polar surface area (TPSA) is 73.3 Å². The van der Waals surface area contributed by atoms with E-state index in [1.54, 1.807) is 0 Å². The van der Waals surface area contributed by atoms with E-state index in [0.29, 0.717) is 6.42 Å². The summed E-state index contributed by atoms with van der Waals surface area (Å²) in [5, 5.41) is 8.87. The SMILES string of the molecule is COC(CCO)CC(C)(F)n1ccc(N)nc1=S. The number of aliphatic hydroxyl groups is 1. The molecule has 0 aliphatic carbocycles. The van der Waals surface area contributed by atoms with Crippen LogP contribution < -0.4 is 5.73 Å². The third kappa shape index (κ3) is 3.72. The first-order valence-corrected chi connectivity index (χ1v) is 5.99. The van der Waals surface area contributed by atoms with Crippen LogP contribution in [-0.2, 0) is 10.5 Å². The maximum atomic E-state index is 14.6. The van der Waals surface area contributed by atoms with Crippen molar-refractivity contribution >= 4 is 18.0 Å². The highest BCUT2D eigenvalue weighted by atomic mass is 32.1. The first kappa shape index (κ1) is 15.0. The molecule has 2 unspecified atom stereocenters. The third-order valence-corrected chi connectivity index (χ3v) is 3.00. The summed E-state index contributed by atoms with van der Waals surface area (Å²) in [6, 6.07) is 1.49. The van der Waals surface area contributed by atoms with Crippen molar-refractivity contribution in [1.29, 1.82) is 0 Å². The van der Waals surface area contributed by atoms with Crippen LogP contribution in [0.5, 0.6) is 0 Å². The zero-order chi connectivity index (χ0) is 13.8. The molecule has 0 saturated carbocycles. The van der Waals surface area contributed by atoms with Gasteiger partial charge in [0.05, 0.1) is 6.10 Å². The molecule has 2 atom stereocenters. The lowest BCUT2D eigenvalue weighted by molar-refractivity contribution is -0.0131. The van der Waals surface area contributed by atoms with Crippen LogP contribution in [0.25, 0.3) is 0 Å². The van der Waals surface area contributed by atoms with Gasteiger partial charge in [0.15, 0.2) is 5.79 Å². The molecule has 0 aliphatic heterocycles. The molecule has 0 aliphatic rings. The second-order valence-corrected chi connectivity index (χ2v) is 4.59. The lowest BCUT2D eigenvalue weighted by atomic mass is 10.1. The molecule has 1 rings (SSSR count). The van der Waals surface area contributed by atoms with E-state index in [0.717, 1.165) is 0 Å². The molecule has 0 bridgehead atoms. The number of hydrogen-bond donors (Lipinski definition) is 2. The number of halogens is 1. The van der Waals surface area contributed by atoms with E-state index < -0.39 is 5.79 Å². The summed E-state index contributed by atoms with van der Waals surface area (Å²) in [6.45, 7) is 1.34. The Hall–Kier alpha value is -1.05. The van der Waals surface area contributed by atoms with Gasteiger partial charge in [-0.25, -0.2) is 9.37 Å². The normalized spacial score (nSPS) is 16.2. The summed E-state index contributed by atoms with van der Waals surface area (Å²) in [7, 11) is 1.48. The molecule has 0 spiro atoms. The van der Waals surface area contributed by atoms with Crippen LogP contribution >= 0.6 is 12.2 Å². The number of ether oxygens (including phenoxy) is 1. The van der Waals surface area contributed by atoms with E-state index in [2.05, 4.69) is 4.98 Å². The van der Waals surface area contributed by atoms with Crippen LogP contribution in [0.1, 0.15) is 19.8 Å². The number of alkyl halides is 1. The Morgan fingerprint density at radius 3 is 2.89 bits per heavy atom. The predicted octanol–water partition coefficient (Wildman–Crippen LogP) is 1.62. The molecule has 5 nitrogen and oxygen atoms in total. The Kier molecular flexibility index (Phi) is 5.18. The Balaban J connectivity index is 2.94. The van der Waals surface area contributed by atoms with E-state index >= 15 is 0 Å². The molecule has 0 fully saturated rings. The van der Waals surface area contributed by atoms with Crippen LogP contribution in [0.2, 0.25) is 0 Å². The number of hydrogen-bond acceptors (Lipinski definition) is 5. The van der Waals surface area contributed by atoms with E-state index in [4.69, 9.17) is 27.8 Å². The molecular weight excluding hydrogens is 257 g/mol. The van der Waals surface area contributed by atoms with E-state index in [9.17, 15) is 4.39 Å². The highest BCUT2D eigenvalue weighted by Crippen LogP contribution is 2.26. The summed E-state index contributed by atoms with van der Waals surface area (Å²) in [5.41, 5.74) is 5.47. The zero-order valence-corrected chi connectivity index (χ0v) is 11.3. The van der Waals surface area contributed by atoms with Crippen molar-refractivity contribution < 1.29 is 14.2 Å². The molecule has 0 radical (unpaired) electrons.